The third-order valence-electron chi connectivity index (χ3n) is 3.30. The van der Waals surface area contributed by atoms with Crippen molar-refractivity contribution in [3.8, 4) is 0 Å². The summed E-state index contributed by atoms with van der Waals surface area (Å²) in [5.41, 5.74) is 1.71. The van der Waals surface area contributed by atoms with Crippen molar-refractivity contribution in [2.45, 2.75) is 13.0 Å². The molecule has 23 heavy (non-hydrogen) atoms. The first kappa shape index (κ1) is 14.9. The Kier molecular flexibility index (Phi) is 4.42. The highest BCUT2D eigenvalue weighted by atomic mass is 19.1. The summed E-state index contributed by atoms with van der Waals surface area (Å²) in [4.78, 5) is 4.34. The number of benzene rings is 2. The molecule has 5 nitrogen and oxygen atoms in total. The molecule has 0 bridgehead atoms. The fourth-order valence-corrected chi connectivity index (χ4v) is 2.17. The molecule has 3 aromatic rings. The monoisotopic (exact) mass is 309 g/mol. The van der Waals surface area contributed by atoms with Gasteiger partial charge < -0.3 is 10.6 Å². The lowest BCUT2D eigenvalue weighted by Gasteiger charge is -2.15. The predicted molar refractivity (Wildman–Crippen MR) is 88.0 cm³/mol. The molecule has 2 aromatic carbocycles. The fourth-order valence-electron chi connectivity index (χ4n) is 2.17. The Bertz CT molecular complexity index is 779. The van der Waals surface area contributed by atoms with Crippen LogP contribution in [0.4, 0.5) is 21.8 Å². The lowest BCUT2D eigenvalue weighted by atomic mass is 10.1. The Hall–Kier alpha value is -3.02. The van der Waals surface area contributed by atoms with Crippen molar-refractivity contribution < 1.29 is 4.39 Å². The van der Waals surface area contributed by atoms with E-state index in [1.54, 1.807) is 18.3 Å². The molecule has 0 aliphatic rings. The smallest absolute Gasteiger partial charge is 0.249 e. The van der Waals surface area contributed by atoms with Gasteiger partial charge in [0.25, 0.3) is 0 Å². The SMILES string of the molecule is CC(Nc1cnnc(Nc2cccc(F)c2)n1)c1ccccc1. The van der Waals surface area contributed by atoms with E-state index in [0.29, 0.717) is 17.5 Å². The van der Waals surface area contributed by atoms with Crippen LogP contribution < -0.4 is 10.6 Å². The molecule has 2 N–H and O–H groups in total. The van der Waals surface area contributed by atoms with Crippen LogP contribution in [0.2, 0.25) is 0 Å². The zero-order chi connectivity index (χ0) is 16.1. The molecule has 1 aromatic heterocycles. The van der Waals surface area contributed by atoms with Crippen LogP contribution in [0.5, 0.6) is 0 Å². The minimum absolute atomic E-state index is 0.0786. The molecular weight excluding hydrogens is 293 g/mol. The van der Waals surface area contributed by atoms with Crippen molar-refractivity contribution in [2.24, 2.45) is 0 Å². The second-order valence-electron chi connectivity index (χ2n) is 5.08. The van der Waals surface area contributed by atoms with Gasteiger partial charge in [-0.2, -0.15) is 10.1 Å². The summed E-state index contributed by atoms with van der Waals surface area (Å²) in [5.74, 6) is 0.575. The largest absolute Gasteiger partial charge is 0.362 e. The van der Waals surface area contributed by atoms with E-state index >= 15 is 0 Å². The van der Waals surface area contributed by atoms with Crippen LogP contribution in [-0.4, -0.2) is 15.2 Å². The number of nitrogens with one attached hydrogen (secondary N) is 2. The van der Waals surface area contributed by atoms with Crippen LogP contribution in [0.15, 0.2) is 60.8 Å². The Morgan fingerprint density at radius 2 is 1.87 bits per heavy atom. The minimum Gasteiger partial charge on any atom is -0.362 e. The molecule has 0 saturated carbocycles. The van der Waals surface area contributed by atoms with E-state index in [4.69, 9.17) is 0 Å². The zero-order valence-electron chi connectivity index (χ0n) is 12.6. The van der Waals surface area contributed by atoms with E-state index in [1.165, 1.54) is 12.1 Å². The molecule has 0 amide bonds. The number of hydrogen-bond donors (Lipinski definition) is 2. The van der Waals surface area contributed by atoms with Crippen molar-refractivity contribution in [2.75, 3.05) is 10.6 Å². The van der Waals surface area contributed by atoms with Gasteiger partial charge in [-0.1, -0.05) is 36.4 Å². The second-order valence-corrected chi connectivity index (χ2v) is 5.08. The van der Waals surface area contributed by atoms with Crippen molar-refractivity contribution in [1.29, 1.82) is 0 Å². The van der Waals surface area contributed by atoms with Gasteiger partial charge in [-0.05, 0) is 30.7 Å². The number of halogens is 1. The van der Waals surface area contributed by atoms with Crippen molar-refractivity contribution >= 4 is 17.5 Å². The Balaban J connectivity index is 1.72. The summed E-state index contributed by atoms with van der Waals surface area (Å²) in [7, 11) is 0. The molecule has 3 rings (SSSR count). The number of hydrogen-bond acceptors (Lipinski definition) is 5. The maximum absolute atomic E-state index is 13.2. The first-order valence-electron chi connectivity index (χ1n) is 7.24. The maximum Gasteiger partial charge on any atom is 0.249 e. The Morgan fingerprint density at radius 1 is 1.04 bits per heavy atom. The summed E-state index contributed by atoms with van der Waals surface area (Å²) in [6.07, 6.45) is 1.55. The summed E-state index contributed by atoms with van der Waals surface area (Å²) >= 11 is 0. The highest BCUT2D eigenvalue weighted by Gasteiger charge is 2.07. The molecule has 6 heteroatoms. The first-order valence-corrected chi connectivity index (χ1v) is 7.24. The number of anilines is 3. The van der Waals surface area contributed by atoms with Gasteiger partial charge in [0.1, 0.15) is 5.82 Å². The van der Waals surface area contributed by atoms with Crippen LogP contribution in [0.1, 0.15) is 18.5 Å². The molecule has 0 radical (unpaired) electrons. The van der Waals surface area contributed by atoms with Gasteiger partial charge in [0.2, 0.25) is 5.95 Å². The third kappa shape index (κ3) is 4.00. The van der Waals surface area contributed by atoms with Gasteiger partial charge in [0.15, 0.2) is 5.82 Å². The van der Waals surface area contributed by atoms with Crippen LogP contribution in [0.25, 0.3) is 0 Å². The van der Waals surface area contributed by atoms with Gasteiger partial charge in [0, 0.05) is 11.7 Å². The van der Waals surface area contributed by atoms with Crippen LogP contribution in [-0.2, 0) is 0 Å². The quantitative estimate of drug-likeness (QED) is 0.748. The van der Waals surface area contributed by atoms with Gasteiger partial charge in [0.05, 0.1) is 6.20 Å². The van der Waals surface area contributed by atoms with E-state index < -0.39 is 0 Å². The number of rotatable bonds is 5. The third-order valence-corrected chi connectivity index (χ3v) is 3.30. The van der Waals surface area contributed by atoms with Gasteiger partial charge >= 0.3 is 0 Å². The first-order chi connectivity index (χ1) is 11.2. The van der Waals surface area contributed by atoms with Crippen LogP contribution >= 0.6 is 0 Å². The molecule has 0 aliphatic carbocycles. The van der Waals surface area contributed by atoms with Crippen molar-refractivity contribution in [1.82, 2.24) is 15.2 Å². The van der Waals surface area contributed by atoms with Gasteiger partial charge in [-0.25, -0.2) is 4.39 Å². The Labute approximate surface area is 133 Å². The molecule has 1 heterocycles. The second kappa shape index (κ2) is 6.83. The normalized spacial score (nSPS) is 11.7. The highest BCUT2D eigenvalue weighted by molar-refractivity contribution is 5.54. The topological polar surface area (TPSA) is 62.7 Å². The van der Waals surface area contributed by atoms with Crippen LogP contribution in [0, 0.1) is 5.82 Å². The fraction of sp³-hybridized carbons (Fsp3) is 0.118. The summed E-state index contributed by atoms with van der Waals surface area (Å²) in [6, 6.07) is 16.2. The number of nitrogens with zero attached hydrogens (tertiary/aromatic N) is 3. The lowest BCUT2D eigenvalue weighted by Crippen LogP contribution is -2.09. The minimum atomic E-state index is -0.324. The predicted octanol–water partition coefficient (Wildman–Crippen LogP) is 3.93. The van der Waals surface area contributed by atoms with Crippen molar-refractivity contribution in [3.63, 3.8) is 0 Å². The maximum atomic E-state index is 13.2. The average molecular weight is 309 g/mol. The molecule has 1 atom stereocenters. The average Bonchev–Trinajstić information content (AvgIpc) is 2.56. The number of aromatic nitrogens is 3. The summed E-state index contributed by atoms with van der Waals surface area (Å²) in [5, 5.41) is 14.0. The van der Waals surface area contributed by atoms with Crippen LogP contribution in [0.3, 0.4) is 0 Å². The van der Waals surface area contributed by atoms with E-state index in [2.05, 4.69) is 25.8 Å². The van der Waals surface area contributed by atoms with E-state index in [9.17, 15) is 4.39 Å². The van der Waals surface area contributed by atoms with E-state index in [0.717, 1.165) is 5.56 Å². The summed E-state index contributed by atoms with van der Waals surface area (Å²) in [6.45, 7) is 2.04. The van der Waals surface area contributed by atoms with Gasteiger partial charge in [-0.15, -0.1) is 5.10 Å². The van der Waals surface area contributed by atoms with E-state index in [1.807, 2.05) is 37.3 Å². The van der Waals surface area contributed by atoms with Crippen molar-refractivity contribution in [3.05, 3.63) is 72.2 Å². The highest BCUT2D eigenvalue weighted by Crippen LogP contribution is 2.18. The van der Waals surface area contributed by atoms with E-state index in [-0.39, 0.29) is 11.9 Å². The standard InChI is InChI=1S/C17H16FN5/c1-12(13-6-3-2-4-7-13)20-16-11-19-23-17(22-16)21-15-9-5-8-14(18)10-15/h2-12H,1H3,(H2,20,21,22,23). The molecule has 1 unspecified atom stereocenters. The lowest BCUT2D eigenvalue weighted by molar-refractivity contribution is 0.628. The molecule has 0 fully saturated rings. The molecule has 116 valence electrons. The molecule has 0 saturated heterocycles. The Morgan fingerprint density at radius 3 is 2.65 bits per heavy atom. The van der Waals surface area contributed by atoms with Gasteiger partial charge in [-0.3, -0.25) is 0 Å². The molecular formula is C17H16FN5. The summed E-state index contributed by atoms with van der Waals surface area (Å²) < 4.78 is 13.2. The zero-order valence-corrected chi connectivity index (χ0v) is 12.6. The molecule has 0 spiro atoms. The molecule has 0 aliphatic heterocycles.